The topological polar surface area (TPSA) is 109 Å². The summed E-state index contributed by atoms with van der Waals surface area (Å²) in [4.78, 5) is 29.6. The fourth-order valence-electron chi connectivity index (χ4n) is 1.78. The number of carbonyl (C=O) groups is 2. The van der Waals surface area contributed by atoms with E-state index in [0.717, 1.165) is 9.91 Å². The van der Waals surface area contributed by atoms with Gasteiger partial charge in [-0.2, -0.15) is 0 Å². The van der Waals surface area contributed by atoms with Crippen molar-refractivity contribution in [3.63, 3.8) is 0 Å². The minimum Gasteiger partial charge on any atom is -0.569 e. The van der Waals surface area contributed by atoms with Crippen molar-refractivity contribution in [3.05, 3.63) is 40.6 Å². The monoisotopic (exact) mass is 294 g/mol. The number of hydrogen-bond acceptors (Lipinski definition) is 6. The van der Waals surface area contributed by atoms with Crippen molar-refractivity contribution < 1.29 is 24.5 Å². The molecule has 1 aliphatic heterocycles. The number of nitrogens with zero attached hydrogens (tertiary/aromatic N) is 4. The Kier molecular flexibility index (Phi) is 4.33. The van der Waals surface area contributed by atoms with Crippen LogP contribution in [0, 0.1) is 5.21 Å². The van der Waals surface area contributed by atoms with E-state index >= 15 is 0 Å². The summed E-state index contributed by atoms with van der Waals surface area (Å²) < 4.78 is 0. The normalized spacial score (nSPS) is 14.4. The van der Waals surface area contributed by atoms with Crippen LogP contribution in [-0.4, -0.2) is 58.7 Å². The molecule has 1 N–H and O–H groups in total. The fourth-order valence-corrected chi connectivity index (χ4v) is 1.78. The molecular formula is C12H14N4O5. The number of benzene rings is 1. The Morgan fingerprint density at radius 3 is 2.43 bits per heavy atom. The largest absolute Gasteiger partial charge is 0.569 e. The summed E-state index contributed by atoms with van der Waals surface area (Å²) >= 11 is 0. The van der Waals surface area contributed by atoms with E-state index in [2.05, 4.69) is 5.28 Å². The molecule has 0 saturated heterocycles. The molecule has 0 bridgehead atoms. The van der Waals surface area contributed by atoms with E-state index in [1.54, 1.807) is 24.3 Å². The van der Waals surface area contributed by atoms with Gasteiger partial charge in [0.25, 0.3) is 11.8 Å². The van der Waals surface area contributed by atoms with Gasteiger partial charge in [-0.15, -0.1) is 5.01 Å². The van der Waals surface area contributed by atoms with Gasteiger partial charge in [0, 0.05) is 0 Å². The van der Waals surface area contributed by atoms with Gasteiger partial charge in [-0.1, -0.05) is 12.1 Å². The summed E-state index contributed by atoms with van der Waals surface area (Å²) in [5.74, 6) is -0.987. The van der Waals surface area contributed by atoms with Gasteiger partial charge in [-0.3, -0.25) is 9.59 Å². The van der Waals surface area contributed by atoms with E-state index in [1.807, 2.05) is 0 Å². The molecule has 0 saturated carbocycles. The van der Waals surface area contributed by atoms with Crippen LogP contribution in [0.25, 0.3) is 0 Å². The molecule has 0 radical (unpaired) electrons. The Labute approximate surface area is 120 Å². The minimum atomic E-state index is -0.494. The molecule has 112 valence electrons. The molecule has 2 rings (SSSR count). The number of aliphatic hydroxyl groups excluding tert-OH is 1. The van der Waals surface area contributed by atoms with Crippen LogP contribution in [0.3, 0.4) is 0 Å². The molecule has 1 aliphatic rings. The maximum absolute atomic E-state index is 12.0. The highest BCUT2D eigenvalue weighted by Gasteiger charge is 2.35. The highest BCUT2D eigenvalue weighted by molar-refractivity contribution is 6.21. The summed E-state index contributed by atoms with van der Waals surface area (Å²) in [6, 6.07) is 6.40. The number of carbonyl (C=O) groups excluding carboxylic acids is 2. The molecule has 1 aromatic carbocycles. The smallest absolute Gasteiger partial charge is 0.264 e. The van der Waals surface area contributed by atoms with Crippen LogP contribution in [0.1, 0.15) is 20.7 Å². The van der Waals surface area contributed by atoms with Gasteiger partial charge in [0.2, 0.25) is 12.0 Å². The molecule has 0 unspecified atom stereocenters. The van der Waals surface area contributed by atoms with Crippen molar-refractivity contribution in [3.8, 4) is 0 Å². The highest BCUT2D eigenvalue weighted by atomic mass is 16.7. The third-order valence-corrected chi connectivity index (χ3v) is 2.91. The van der Waals surface area contributed by atoms with E-state index in [9.17, 15) is 14.8 Å². The highest BCUT2D eigenvalue weighted by Crippen LogP contribution is 2.21. The molecule has 1 heterocycles. The van der Waals surface area contributed by atoms with Crippen LogP contribution in [0.5, 0.6) is 0 Å². The number of hydrazine groups is 1. The van der Waals surface area contributed by atoms with Crippen LogP contribution >= 0.6 is 0 Å². The zero-order valence-electron chi connectivity index (χ0n) is 11.3. The second-order valence-electron chi connectivity index (χ2n) is 4.28. The Morgan fingerprint density at radius 1 is 1.33 bits per heavy atom. The lowest BCUT2D eigenvalue weighted by atomic mass is 10.1. The molecule has 0 aliphatic carbocycles. The number of rotatable bonds is 6. The van der Waals surface area contributed by atoms with Crippen LogP contribution < -0.4 is 0 Å². The molecule has 0 aromatic heterocycles. The maximum atomic E-state index is 12.0. The summed E-state index contributed by atoms with van der Waals surface area (Å²) in [6.45, 7) is -0.607. The quantitative estimate of drug-likeness (QED) is 0.342. The molecule has 21 heavy (non-hydrogen) atoms. The zero-order chi connectivity index (χ0) is 15.4. The third-order valence-electron chi connectivity index (χ3n) is 2.91. The van der Waals surface area contributed by atoms with E-state index in [-0.39, 0.29) is 18.1 Å². The number of imide groups is 1. The minimum absolute atomic E-state index is 0.0728. The molecule has 9 nitrogen and oxygen atoms in total. The van der Waals surface area contributed by atoms with Crippen LogP contribution in [0.15, 0.2) is 29.5 Å². The van der Waals surface area contributed by atoms with E-state index in [1.165, 1.54) is 7.05 Å². The molecule has 1 aromatic rings. The van der Waals surface area contributed by atoms with Gasteiger partial charge in [-0.25, -0.2) is 4.90 Å². The van der Waals surface area contributed by atoms with Gasteiger partial charge in [0.15, 0.2) is 0 Å². The van der Waals surface area contributed by atoms with Gasteiger partial charge >= 0.3 is 0 Å². The van der Waals surface area contributed by atoms with Crippen molar-refractivity contribution in [1.82, 2.24) is 9.91 Å². The fraction of sp³-hybridized carbons (Fsp3) is 0.333. The first kappa shape index (κ1) is 14.7. The molecule has 2 amide bonds. The van der Waals surface area contributed by atoms with Crippen LogP contribution in [-0.2, 0) is 4.84 Å². The molecule has 0 spiro atoms. The van der Waals surface area contributed by atoms with E-state index in [0.29, 0.717) is 11.1 Å². The Morgan fingerprint density at radius 2 is 1.90 bits per heavy atom. The second-order valence-corrected chi connectivity index (χ2v) is 4.28. The lowest BCUT2D eigenvalue weighted by Crippen LogP contribution is -2.33. The third kappa shape index (κ3) is 2.92. The van der Waals surface area contributed by atoms with Gasteiger partial charge < -0.3 is 15.2 Å². The first-order valence-electron chi connectivity index (χ1n) is 6.13. The summed E-state index contributed by atoms with van der Waals surface area (Å²) in [5, 5.41) is 24.2. The predicted molar refractivity (Wildman–Crippen MR) is 68.7 cm³/mol. The number of fused-ring (bicyclic) bond motifs is 1. The predicted octanol–water partition coefficient (Wildman–Crippen LogP) is -0.0267. The number of aliphatic hydroxyl groups is 1. The SMILES string of the molecule is CN(CCO)[N+]([O-])=NOCN1C(=O)c2ccccc2C1=O. The second kappa shape index (κ2) is 6.18. The van der Waals surface area contributed by atoms with Crippen molar-refractivity contribution in [2.75, 3.05) is 26.9 Å². The molecular weight excluding hydrogens is 280 g/mol. The summed E-state index contributed by atoms with van der Waals surface area (Å²) in [7, 11) is 1.40. The lowest BCUT2D eigenvalue weighted by Gasteiger charge is -2.13. The van der Waals surface area contributed by atoms with E-state index in [4.69, 9.17) is 9.94 Å². The zero-order valence-corrected chi connectivity index (χ0v) is 11.3. The Hall–Kier alpha value is -2.68. The number of hydrogen-bond donors (Lipinski definition) is 1. The van der Waals surface area contributed by atoms with Gasteiger partial charge in [0.1, 0.15) is 0 Å². The van der Waals surface area contributed by atoms with Crippen LogP contribution in [0.4, 0.5) is 0 Å². The Bertz CT molecular complexity index is 554. The maximum Gasteiger partial charge on any atom is 0.264 e. The van der Waals surface area contributed by atoms with Crippen molar-refractivity contribution in [2.24, 2.45) is 5.28 Å². The van der Waals surface area contributed by atoms with E-state index < -0.39 is 18.5 Å². The molecule has 9 heteroatoms. The van der Waals surface area contributed by atoms with Crippen molar-refractivity contribution in [2.45, 2.75) is 0 Å². The average Bonchev–Trinajstić information content (AvgIpc) is 2.73. The van der Waals surface area contributed by atoms with Crippen LogP contribution in [0.2, 0.25) is 0 Å². The summed E-state index contributed by atoms with van der Waals surface area (Å²) in [5.41, 5.74) is 0.588. The first-order chi connectivity index (χ1) is 10.1. The van der Waals surface area contributed by atoms with Gasteiger partial charge in [-0.05, 0) is 12.1 Å². The summed E-state index contributed by atoms with van der Waals surface area (Å²) in [6.07, 6.45) is 0. The average molecular weight is 294 g/mol. The lowest BCUT2D eigenvalue weighted by molar-refractivity contribution is -0.706. The number of amides is 2. The van der Waals surface area contributed by atoms with Crippen molar-refractivity contribution >= 4 is 11.8 Å². The molecule has 0 fully saturated rings. The Balaban J connectivity index is 1.98. The number of likely N-dealkylation sites (N-methyl/N-ethyl adjacent to an activating group) is 1. The van der Waals surface area contributed by atoms with Crippen molar-refractivity contribution in [1.29, 1.82) is 0 Å². The molecule has 0 atom stereocenters. The first-order valence-corrected chi connectivity index (χ1v) is 6.13. The van der Waals surface area contributed by atoms with Gasteiger partial charge in [0.05, 0.1) is 36.3 Å². The standard InChI is InChI=1S/C12H14N4O5/c1-14(6-7-17)16(20)13-21-8-15-11(18)9-4-2-3-5-10(9)12(15)19/h2-5,17H,6-8H2,1H3.